The fraction of sp³-hybridized carbons (Fsp3) is 0.0909. The zero-order valence-corrected chi connectivity index (χ0v) is 45.2. The van der Waals surface area contributed by atoms with E-state index in [1.165, 1.54) is 127 Å². The van der Waals surface area contributed by atoms with E-state index in [0.717, 1.165) is 22.7 Å². The lowest BCUT2D eigenvalue weighted by atomic mass is 9.80. The Hall–Kier alpha value is -9.50. The minimum absolute atomic E-state index is 0.236. The molecule has 2 nitrogen and oxygen atoms in total. The summed E-state index contributed by atoms with van der Waals surface area (Å²) in [6, 6.07) is 97.4. The van der Waals surface area contributed by atoms with Crippen LogP contribution < -0.4 is 9.80 Å². The highest BCUT2D eigenvalue weighted by atomic mass is 15.1. The van der Waals surface area contributed by atoms with Gasteiger partial charge in [-0.05, 0) is 190 Å². The molecule has 2 heteroatoms. The van der Waals surface area contributed by atoms with Gasteiger partial charge in [-0.3, -0.25) is 0 Å². The second-order valence-corrected chi connectivity index (χ2v) is 22.9. The average Bonchev–Trinajstić information content (AvgIpc) is 4.14. The Bertz CT molecular complexity index is 4620. The topological polar surface area (TPSA) is 6.48 Å². The number of benzene rings is 13. The van der Waals surface area contributed by atoms with Crippen molar-refractivity contribution in [3.05, 3.63) is 289 Å². The predicted octanol–water partition coefficient (Wildman–Crippen LogP) is 21.5. The summed E-state index contributed by atoms with van der Waals surface area (Å²) in [7, 11) is 0. The molecule has 0 fully saturated rings. The second kappa shape index (κ2) is 17.8. The first-order valence-electron chi connectivity index (χ1n) is 27.8. The molecular weight excluding hydrogens is 953 g/mol. The van der Waals surface area contributed by atoms with Crippen molar-refractivity contribution in [1.82, 2.24) is 0 Å². The van der Waals surface area contributed by atoms with Crippen molar-refractivity contribution in [2.24, 2.45) is 0 Å². The first-order chi connectivity index (χ1) is 38.6. The zero-order chi connectivity index (χ0) is 53.1. The number of anilines is 6. The molecule has 0 unspecified atom stereocenters. The van der Waals surface area contributed by atoms with Gasteiger partial charge in [0.1, 0.15) is 0 Å². The van der Waals surface area contributed by atoms with Crippen LogP contribution in [0.25, 0.3) is 87.6 Å². The Morgan fingerprint density at radius 3 is 1.09 bits per heavy atom. The van der Waals surface area contributed by atoms with Crippen molar-refractivity contribution in [2.45, 2.75) is 45.4 Å². The van der Waals surface area contributed by atoms with Crippen LogP contribution in [-0.4, -0.2) is 0 Å². The van der Waals surface area contributed by atoms with Gasteiger partial charge in [-0.15, -0.1) is 0 Å². The molecule has 0 spiro atoms. The minimum Gasteiger partial charge on any atom is -0.310 e. The number of nitrogens with zero attached hydrogens (tertiary/aromatic N) is 2. The molecule has 13 aromatic carbocycles. The van der Waals surface area contributed by atoms with Crippen molar-refractivity contribution < 1.29 is 0 Å². The fourth-order valence-electron chi connectivity index (χ4n) is 13.6. The van der Waals surface area contributed by atoms with Crippen LogP contribution in [0.1, 0.15) is 55.5 Å². The summed E-state index contributed by atoms with van der Waals surface area (Å²) in [5.41, 5.74) is 23.3. The maximum absolute atomic E-state index is 2.48. The van der Waals surface area contributed by atoms with Gasteiger partial charge >= 0.3 is 0 Å². The quantitative estimate of drug-likeness (QED) is 0.140. The van der Waals surface area contributed by atoms with E-state index in [9.17, 15) is 0 Å². The van der Waals surface area contributed by atoms with Crippen molar-refractivity contribution in [1.29, 1.82) is 0 Å². The van der Waals surface area contributed by atoms with Crippen LogP contribution in [0.4, 0.5) is 34.1 Å². The summed E-state index contributed by atoms with van der Waals surface area (Å²) < 4.78 is 0. The van der Waals surface area contributed by atoms with Crippen molar-refractivity contribution in [2.75, 3.05) is 9.80 Å². The molecule has 13 aromatic rings. The molecule has 0 N–H and O–H groups in total. The Kier molecular flexibility index (Phi) is 10.5. The van der Waals surface area contributed by atoms with E-state index < -0.39 is 0 Å². The van der Waals surface area contributed by atoms with Gasteiger partial charge in [0.05, 0.1) is 11.4 Å². The van der Waals surface area contributed by atoms with E-state index in [-0.39, 0.29) is 10.8 Å². The summed E-state index contributed by atoms with van der Waals surface area (Å²) in [5, 5.41) is 9.99. The van der Waals surface area contributed by atoms with Gasteiger partial charge < -0.3 is 9.80 Å². The van der Waals surface area contributed by atoms with E-state index in [1.54, 1.807) is 0 Å². The molecule has 0 heterocycles. The third-order valence-corrected chi connectivity index (χ3v) is 17.7. The molecule has 0 aromatic heterocycles. The zero-order valence-electron chi connectivity index (χ0n) is 45.2. The minimum atomic E-state index is -0.238. The highest BCUT2D eigenvalue weighted by Gasteiger charge is 2.38. The van der Waals surface area contributed by atoms with Crippen LogP contribution in [0, 0.1) is 6.92 Å². The Balaban J connectivity index is 0.774. The molecule has 2 aliphatic rings. The summed E-state index contributed by atoms with van der Waals surface area (Å²) >= 11 is 0. The van der Waals surface area contributed by atoms with Gasteiger partial charge in [-0.1, -0.05) is 210 Å². The van der Waals surface area contributed by atoms with Crippen LogP contribution >= 0.6 is 0 Å². The molecule has 2 aliphatic carbocycles. The molecule has 0 aliphatic heterocycles. The molecule has 0 saturated carbocycles. The van der Waals surface area contributed by atoms with Crippen LogP contribution in [0.15, 0.2) is 261 Å². The summed E-state index contributed by atoms with van der Waals surface area (Å²) in [4.78, 5) is 4.91. The van der Waals surface area contributed by atoms with Crippen molar-refractivity contribution in [3.63, 3.8) is 0 Å². The Labute approximate surface area is 463 Å². The second-order valence-electron chi connectivity index (χ2n) is 22.9. The maximum Gasteiger partial charge on any atom is 0.0546 e. The molecule has 0 atom stereocenters. The van der Waals surface area contributed by atoms with Crippen LogP contribution in [0.3, 0.4) is 0 Å². The highest BCUT2D eigenvalue weighted by molar-refractivity contribution is 6.16. The number of hydrogen-bond donors (Lipinski definition) is 0. The van der Waals surface area contributed by atoms with Gasteiger partial charge in [0.25, 0.3) is 0 Å². The molecule has 0 amide bonds. The SMILES string of the molecule is Cc1ccc(-c2ccc3c(c2)C(C)(C)c2cc(N(c4ccccc4)c4cc5ccccc5c5ccccc45)ccc2-3)cc1-c1ccc2c(c1)C(C)(C)c1cc(N(c3ccccc3)c3cc4ccccc4c4ccccc34)ccc1-2. The van der Waals surface area contributed by atoms with E-state index in [2.05, 4.69) is 305 Å². The number of hydrogen-bond acceptors (Lipinski definition) is 2. The highest BCUT2D eigenvalue weighted by Crippen LogP contribution is 2.55. The third kappa shape index (κ3) is 7.31. The number of para-hydroxylation sites is 2. The number of rotatable bonds is 8. The smallest absolute Gasteiger partial charge is 0.0546 e. The first-order valence-corrected chi connectivity index (χ1v) is 27.8. The van der Waals surface area contributed by atoms with Crippen LogP contribution in [0.5, 0.6) is 0 Å². The molecule has 376 valence electrons. The van der Waals surface area contributed by atoms with Crippen molar-refractivity contribution >= 4 is 77.2 Å². The standard InChI is InChI=1S/C77H58N2/c1-49-32-33-50(51-34-38-63-65-40-36-57(47-72(65)76(2,3)70(63)43-51)78(55-22-8-6-9-23-55)74-45-52-20-12-14-26-59(52)61-28-16-18-30-67(61)74)42-69(49)54-35-39-64-66-41-37-58(48-73(66)77(4,5)71(64)44-54)79(56-24-10-7-11-25-56)75-46-53-21-13-15-27-60(53)62-29-17-19-31-68(62)75/h6-48H,1-5H3. The molecular formula is C77H58N2. The van der Waals surface area contributed by atoms with E-state index >= 15 is 0 Å². The monoisotopic (exact) mass is 1010 g/mol. The lowest BCUT2D eigenvalue weighted by molar-refractivity contribution is 0.660. The van der Waals surface area contributed by atoms with Gasteiger partial charge in [0, 0.05) is 44.4 Å². The predicted molar refractivity (Wildman–Crippen MR) is 337 cm³/mol. The summed E-state index contributed by atoms with van der Waals surface area (Å²) in [5.74, 6) is 0. The largest absolute Gasteiger partial charge is 0.310 e. The lowest BCUT2D eigenvalue weighted by Gasteiger charge is -2.29. The van der Waals surface area contributed by atoms with E-state index in [0.29, 0.717) is 0 Å². The molecule has 0 bridgehead atoms. The van der Waals surface area contributed by atoms with Gasteiger partial charge in [0.2, 0.25) is 0 Å². The van der Waals surface area contributed by atoms with Crippen molar-refractivity contribution in [3.8, 4) is 44.5 Å². The Morgan fingerprint density at radius 1 is 0.253 bits per heavy atom. The third-order valence-electron chi connectivity index (χ3n) is 17.7. The van der Waals surface area contributed by atoms with Gasteiger partial charge in [-0.25, -0.2) is 0 Å². The van der Waals surface area contributed by atoms with Crippen LogP contribution in [0.2, 0.25) is 0 Å². The van der Waals surface area contributed by atoms with E-state index in [1.807, 2.05) is 0 Å². The van der Waals surface area contributed by atoms with Gasteiger partial charge in [0.15, 0.2) is 0 Å². The molecule has 0 radical (unpaired) electrons. The number of aryl methyl sites for hydroxylation is 1. The number of fused-ring (bicyclic) bond motifs is 12. The normalized spacial score (nSPS) is 13.6. The summed E-state index contributed by atoms with van der Waals surface area (Å²) in [6.07, 6.45) is 0. The average molecular weight is 1010 g/mol. The fourth-order valence-corrected chi connectivity index (χ4v) is 13.6. The van der Waals surface area contributed by atoms with Gasteiger partial charge in [-0.2, -0.15) is 0 Å². The summed E-state index contributed by atoms with van der Waals surface area (Å²) in [6.45, 7) is 11.9. The first kappa shape index (κ1) is 46.8. The van der Waals surface area contributed by atoms with E-state index in [4.69, 9.17) is 0 Å². The molecule has 79 heavy (non-hydrogen) atoms. The maximum atomic E-state index is 2.48. The van der Waals surface area contributed by atoms with Crippen LogP contribution in [-0.2, 0) is 10.8 Å². The molecule has 0 saturated heterocycles. The lowest BCUT2D eigenvalue weighted by Crippen LogP contribution is -2.17. The Morgan fingerprint density at radius 2 is 0.608 bits per heavy atom. The molecule has 15 rings (SSSR count).